The van der Waals surface area contributed by atoms with E-state index in [4.69, 9.17) is 11.5 Å². The van der Waals surface area contributed by atoms with Crippen LogP contribution in [0.5, 0.6) is 0 Å². The van der Waals surface area contributed by atoms with Crippen LogP contribution in [0.3, 0.4) is 0 Å². The highest BCUT2D eigenvalue weighted by molar-refractivity contribution is 5.84. The standard InChI is InChI=1S/C14H16N2/c1-9-8-12(15)10(2)14(16)13(9)11-6-4-3-5-7-11/h3-8H,15-16H2,1-2H3. The Morgan fingerprint density at radius 1 is 0.938 bits per heavy atom. The van der Waals surface area contributed by atoms with Crippen LogP contribution in [0.1, 0.15) is 11.1 Å². The molecule has 2 heteroatoms. The number of nitrogens with two attached hydrogens (primary N) is 2. The molecule has 0 spiro atoms. The summed E-state index contributed by atoms with van der Waals surface area (Å²) < 4.78 is 0. The van der Waals surface area contributed by atoms with E-state index in [1.807, 2.05) is 38.1 Å². The van der Waals surface area contributed by atoms with Gasteiger partial charge in [0, 0.05) is 16.9 Å². The van der Waals surface area contributed by atoms with Gasteiger partial charge in [0.25, 0.3) is 0 Å². The van der Waals surface area contributed by atoms with E-state index in [1.54, 1.807) is 0 Å². The number of aryl methyl sites for hydroxylation is 1. The van der Waals surface area contributed by atoms with Crippen molar-refractivity contribution >= 4 is 11.4 Å². The Morgan fingerprint density at radius 2 is 1.56 bits per heavy atom. The molecule has 2 aromatic rings. The number of hydrogen-bond donors (Lipinski definition) is 2. The molecule has 4 N–H and O–H groups in total. The fourth-order valence-corrected chi connectivity index (χ4v) is 1.96. The molecule has 0 saturated carbocycles. The highest BCUT2D eigenvalue weighted by Crippen LogP contribution is 2.34. The minimum atomic E-state index is 0.759. The lowest BCUT2D eigenvalue weighted by Crippen LogP contribution is -2.00. The van der Waals surface area contributed by atoms with Crippen LogP contribution in [0.2, 0.25) is 0 Å². The molecule has 0 amide bonds. The minimum absolute atomic E-state index is 0.759. The fraction of sp³-hybridized carbons (Fsp3) is 0.143. The van der Waals surface area contributed by atoms with E-state index in [1.165, 1.54) is 0 Å². The summed E-state index contributed by atoms with van der Waals surface area (Å²) in [5.74, 6) is 0. The predicted octanol–water partition coefficient (Wildman–Crippen LogP) is 3.13. The molecule has 0 aliphatic heterocycles. The van der Waals surface area contributed by atoms with Crippen molar-refractivity contribution in [2.45, 2.75) is 13.8 Å². The van der Waals surface area contributed by atoms with Gasteiger partial charge in [0.2, 0.25) is 0 Å². The van der Waals surface area contributed by atoms with Gasteiger partial charge in [-0.1, -0.05) is 30.3 Å². The Hall–Kier alpha value is -1.96. The van der Waals surface area contributed by atoms with Crippen LogP contribution in [0.15, 0.2) is 36.4 Å². The molecule has 2 aromatic carbocycles. The monoisotopic (exact) mass is 212 g/mol. The average Bonchev–Trinajstić information content (AvgIpc) is 2.28. The maximum Gasteiger partial charge on any atom is 0.0446 e. The summed E-state index contributed by atoms with van der Waals surface area (Å²) in [5, 5.41) is 0. The van der Waals surface area contributed by atoms with E-state index in [2.05, 4.69) is 12.1 Å². The molecule has 2 nitrogen and oxygen atoms in total. The minimum Gasteiger partial charge on any atom is -0.398 e. The van der Waals surface area contributed by atoms with Crippen molar-refractivity contribution in [3.05, 3.63) is 47.5 Å². The van der Waals surface area contributed by atoms with Gasteiger partial charge in [0.05, 0.1) is 0 Å². The van der Waals surface area contributed by atoms with Gasteiger partial charge in [-0.05, 0) is 36.6 Å². The molecule has 0 radical (unpaired) electrons. The SMILES string of the molecule is Cc1cc(N)c(C)c(N)c1-c1ccccc1. The second kappa shape index (κ2) is 3.89. The smallest absolute Gasteiger partial charge is 0.0446 e. The molecular formula is C14H16N2. The second-order valence-corrected chi connectivity index (χ2v) is 4.06. The summed E-state index contributed by atoms with van der Waals surface area (Å²) >= 11 is 0. The largest absolute Gasteiger partial charge is 0.398 e. The summed E-state index contributed by atoms with van der Waals surface area (Å²) in [6.45, 7) is 3.99. The number of anilines is 2. The van der Waals surface area contributed by atoms with E-state index in [0.717, 1.165) is 33.6 Å². The molecule has 2 rings (SSSR count). The second-order valence-electron chi connectivity index (χ2n) is 4.06. The first-order chi connectivity index (χ1) is 7.61. The van der Waals surface area contributed by atoms with Crippen molar-refractivity contribution in [1.82, 2.24) is 0 Å². The first-order valence-electron chi connectivity index (χ1n) is 5.32. The van der Waals surface area contributed by atoms with Crippen molar-refractivity contribution < 1.29 is 0 Å². The molecule has 0 atom stereocenters. The van der Waals surface area contributed by atoms with E-state index in [-0.39, 0.29) is 0 Å². The molecular weight excluding hydrogens is 196 g/mol. The first kappa shape index (κ1) is 10.6. The van der Waals surface area contributed by atoms with E-state index >= 15 is 0 Å². The van der Waals surface area contributed by atoms with E-state index in [0.29, 0.717) is 0 Å². The van der Waals surface area contributed by atoms with Gasteiger partial charge in [-0.2, -0.15) is 0 Å². The van der Waals surface area contributed by atoms with Crippen LogP contribution in [0.4, 0.5) is 11.4 Å². The van der Waals surface area contributed by atoms with Crippen LogP contribution >= 0.6 is 0 Å². The Balaban J connectivity index is 2.71. The van der Waals surface area contributed by atoms with Gasteiger partial charge in [0.1, 0.15) is 0 Å². The molecule has 0 fully saturated rings. The van der Waals surface area contributed by atoms with E-state index < -0.39 is 0 Å². The van der Waals surface area contributed by atoms with Gasteiger partial charge >= 0.3 is 0 Å². The highest BCUT2D eigenvalue weighted by atomic mass is 14.6. The van der Waals surface area contributed by atoms with Crippen LogP contribution in [0.25, 0.3) is 11.1 Å². The van der Waals surface area contributed by atoms with Crippen molar-refractivity contribution in [2.75, 3.05) is 11.5 Å². The zero-order valence-corrected chi connectivity index (χ0v) is 9.62. The van der Waals surface area contributed by atoms with Crippen molar-refractivity contribution in [2.24, 2.45) is 0 Å². The molecule has 0 heterocycles. The molecule has 0 aliphatic carbocycles. The van der Waals surface area contributed by atoms with Crippen LogP contribution in [0, 0.1) is 13.8 Å². The van der Waals surface area contributed by atoms with Crippen LogP contribution < -0.4 is 11.5 Å². The molecule has 0 saturated heterocycles. The first-order valence-corrected chi connectivity index (χ1v) is 5.32. The van der Waals surface area contributed by atoms with Crippen molar-refractivity contribution in [3.63, 3.8) is 0 Å². The third-order valence-electron chi connectivity index (χ3n) is 2.94. The lowest BCUT2D eigenvalue weighted by molar-refractivity contribution is 1.39. The number of benzene rings is 2. The average molecular weight is 212 g/mol. The summed E-state index contributed by atoms with van der Waals surface area (Å²) in [5.41, 5.74) is 17.9. The lowest BCUT2D eigenvalue weighted by atomic mass is 9.95. The Kier molecular flexibility index (Phi) is 2.57. The highest BCUT2D eigenvalue weighted by Gasteiger charge is 2.10. The molecule has 0 aromatic heterocycles. The summed E-state index contributed by atoms with van der Waals surface area (Å²) in [7, 11) is 0. The topological polar surface area (TPSA) is 52.0 Å². The van der Waals surface area contributed by atoms with Gasteiger partial charge < -0.3 is 11.5 Å². The fourth-order valence-electron chi connectivity index (χ4n) is 1.96. The maximum atomic E-state index is 6.14. The van der Waals surface area contributed by atoms with Gasteiger partial charge in [-0.15, -0.1) is 0 Å². The van der Waals surface area contributed by atoms with Crippen molar-refractivity contribution in [1.29, 1.82) is 0 Å². The Labute approximate surface area is 95.9 Å². The Bertz CT molecular complexity index is 516. The van der Waals surface area contributed by atoms with Crippen LogP contribution in [-0.2, 0) is 0 Å². The van der Waals surface area contributed by atoms with Crippen LogP contribution in [-0.4, -0.2) is 0 Å². The zero-order valence-electron chi connectivity index (χ0n) is 9.62. The normalized spacial score (nSPS) is 10.4. The summed E-state index contributed by atoms with van der Waals surface area (Å²) in [6.07, 6.45) is 0. The quantitative estimate of drug-likeness (QED) is 0.713. The third kappa shape index (κ3) is 1.63. The molecule has 0 unspecified atom stereocenters. The third-order valence-corrected chi connectivity index (χ3v) is 2.94. The number of nitrogen functional groups attached to an aromatic ring is 2. The van der Waals surface area contributed by atoms with Gasteiger partial charge in [0.15, 0.2) is 0 Å². The molecule has 0 bridgehead atoms. The Morgan fingerprint density at radius 3 is 2.19 bits per heavy atom. The predicted molar refractivity (Wildman–Crippen MR) is 70.2 cm³/mol. The molecule has 82 valence electrons. The van der Waals surface area contributed by atoms with Gasteiger partial charge in [-0.3, -0.25) is 0 Å². The number of hydrogen-bond acceptors (Lipinski definition) is 2. The zero-order chi connectivity index (χ0) is 11.7. The maximum absolute atomic E-state index is 6.14. The van der Waals surface area contributed by atoms with Gasteiger partial charge in [-0.25, -0.2) is 0 Å². The summed E-state index contributed by atoms with van der Waals surface area (Å²) in [4.78, 5) is 0. The lowest BCUT2D eigenvalue weighted by Gasteiger charge is -2.14. The summed E-state index contributed by atoms with van der Waals surface area (Å²) in [6, 6.07) is 12.1. The number of rotatable bonds is 1. The molecule has 16 heavy (non-hydrogen) atoms. The van der Waals surface area contributed by atoms with Crippen molar-refractivity contribution in [3.8, 4) is 11.1 Å². The molecule has 0 aliphatic rings. The van der Waals surface area contributed by atoms with E-state index in [9.17, 15) is 0 Å².